The van der Waals surface area contributed by atoms with Gasteiger partial charge in [-0.05, 0) is 56.5 Å². The van der Waals surface area contributed by atoms with Gasteiger partial charge < -0.3 is 10.1 Å². The molecule has 1 unspecified atom stereocenters. The molecule has 1 N–H and O–H groups in total. The molecule has 3 atom stereocenters. The molecule has 3 aromatic rings. The lowest BCUT2D eigenvalue weighted by Crippen LogP contribution is -2.55. The van der Waals surface area contributed by atoms with Crippen molar-refractivity contribution in [2.24, 2.45) is 0 Å². The van der Waals surface area contributed by atoms with E-state index in [-0.39, 0.29) is 11.6 Å². The van der Waals surface area contributed by atoms with Gasteiger partial charge in [-0.2, -0.15) is 0 Å². The van der Waals surface area contributed by atoms with Crippen LogP contribution in [0.25, 0.3) is 22.0 Å². The number of methoxy groups -OCH3 is 1. The highest BCUT2D eigenvalue weighted by atomic mass is 16.5. The summed E-state index contributed by atoms with van der Waals surface area (Å²) in [5, 5.41) is 4.27. The van der Waals surface area contributed by atoms with E-state index >= 15 is 0 Å². The predicted molar refractivity (Wildman–Crippen MR) is 133 cm³/mol. The molecule has 1 aromatic carbocycles. The molecule has 7 heteroatoms. The summed E-state index contributed by atoms with van der Waals surface area (Å²) in [6.45, 7) is 11.2. The van der Waals surface area contributed by atoms with E-state index in [0.717, 1.165) is 48.4 Å². The third kappa shape index (κ3) is 4.80. The molecule has 176 valence electrons. The van der Waals surface area contributed by atoms with E-state index in [0.29, 0.717) is 29.9 Å². The molecule has 2 aromatic heterocycles. The largest absolute Gasteiger partial charge is 0.481 e. The minimum Gasteiger partial charge on any atom is -0.481 e. The average molecular weight is 450 g/mol. The number of piperazine rings is 1. The van der Waals surface area contributed by atoms with Crippen LogP contribution in [0.1, 0.15) is 52.4 Å². The molecule has 0 amide bonds. The number of nitrogens with one attached hydrogen (secondary N) is 1. The number of hydrogen-bond acceptors (Lipinski definition) is 6. The summed E-state index contributed by atoms with van der Waals surface area (Å²) in [6, 6.07) is 10.7. The molecule has 0 spiro atoms. The molecule has 0 bridgehead atoms. The van der Waals surface area contributed by atoms with Gasteiger partial charge in [0.15, 0.2) is 0 Å². The van der Waals surface area contributed by atoms with Gasteiger partial charge in [0.25, 0.3) is 5.56 Å². The Kier molecular flexibility index (Phi) is 7.10. The number of benzene rings is 1. The highest BCUT2D eigenvalue weighted by molar-refractivity contribution is 5.83. The second-order valence-corrected chi connectivity index (χ2v) is 9.07. The molecule has 33 heavy (non-hydrogen) atoms. The summed E-state index contributed by atoms with van der Waals surface area (Å²) in [5.41, 5.74) is 2.76. The summed E-state index contributed by atoms with van der Waals surface area (Å²) >= 11 is 0. The zero-order valence-corrected chi connectivity index (χ0v) is 20.3. The minimum absolute atomic E-state index is 0.0358. The van der Waals surface area contributed by atoms with Crippen molar-refractivity contribution in [1.82, 2.24) is 24.8 Å². The summed E-state index contributed by atoms with van der Waals surface area (Å²) < 4.78 is 7.15. The molecular formula is C26H35N5O2. The number of rotatable bonds is 7. The van der Waals surface area contributed by atoms with Gasteiger partial charge in [-0.25, -0.2) is 9.97 Å². The normalized spacial score (nSPS) is 20.2. The molecule has 3 heterocycles. The maximum absolute atomic E-state index is 13.5. The summed E-state index contributed by atoms with van der Waals surface area (Å²) in [5.74, 6) is 1.44. The number of hydrogen-bond donors (Lipinski definition) is 1. The molecule has 1 aliphatic rings. The zero-order valence-electron chi connectivity index (χ0n) is 20.3. The fraction of sp³-hybridized carbons (Fsp3) is 0.500. The van der Waals surface area contributed by atoms with E-state index in [1.807, 2.05) is 41.8 Å². The smallest absolute Gasteiger partial charge is 0.261 e. The second kappa shape index (κ2) is 10.0. The average Bonchev–Trinajstić information content (AvgIpc) is 2.81. The van der Waals surface area contributed by atoms with Crippen molar-refractivity contribution in [2.45, 2.75) is 65.2 Å². The van der Waals surface area contributed by atoms with Gasteiger partial charge in [0.05, 0.1) is 24.1 Å². The first-order valence-electron chi connectivity index (χ1n) is 12.0. The maximum atomic E-state index is 13.5. The van der Waals surface area contributed by atoms with Crippen LogP contribution in [-0.2, 0) is 6.54 Å². The van der Waals surface area contributed by atoms with E-state index < -0.39 is 0 Å². The van der Waals surface area contributed by atoms with Crippen LogP contribution in [0, 0.1) is 0 Å². The Bertz CT molecular complexity index is 1170. The maximum Gasteiger partial charge on any atom is 0.261 e. The Morgan fingerprint density at radius 2 is 1.85 bits per heavy atom. The van der Waals surface area contributed by atoms with Crippen LogP contribution in [0.2, 0.25) is 0 Å². The molecule has 1 aliphatic heterocycles. The van der Waals surface area contributed by atoms with Crippen molar-refractivity contribution in [3.8, 4) is 17.0 Å². The Labute approximate surface area is 195 Å². The Hall–Kier alpha value is -2.77. The van der Waals surface area contributed by atoms with Crippen molar-refractivity contribution in [2.75, 3.05) is 20.2 Å². The van der Waals surface area contributed by atoms with Gasteiger partial charge in [0.2, 0.25) is 5.88 Å². The van der Waals surface area contributed by atoms with Crippen molar-refractivity contribution in [3.05, 3.63) is 52.7 Å². The van der Waals surface area contributed by atoms with E-state index in [2.05, 4.69) is 36.0 Å². The molecule has 1 fully saturated rings. The van der Waals surface area contributed by atoms with Crippen LogP contribution in [-0.4, -0.2) is 51.7 Å². The Morgan fingerprint density at radius 3 is 2.52 bits per heavy atom. The first kappa shape index (κ1) is 23.4. The molecule has 4 rings (SSSR count). The lowest BCUT2D eigenvalue weighted by molar-refractivity contribution is 0.109. The summed E-state index contributed by atoms with van der Waals surface area (Å²) in [7, 11) is 1.61. The van der Waals surface area contributed by atoms with Gasteiger partial charge >= 0.3 is 0 Å². The summed E-state index contributed by atoms with van der Waals surface area (Å²) in [4.78, 5) is 25.4. The van der Waals surface area contributed by atoms with Crippen LogP contribution in [0.3, 0.4) is 0 Å². The standard InChI is InChI=1S/C26H35N5O2/c1-6-8-23(30-15-17(3)28-18(4)16-30)25-29-22-13-19(20-11-12-27-24(14-20)33-5)9-10-21(22)26(32)31(25)7-2/h9-14,17-18,23,28H,6-8,15-16H2,1-5H3/t17-,18+,23?. The fourth-order valence-corrected chi connectivity index (χ4v) is 5.05. The monoisotopic (exact) mass is 449 g/mol. The second-order valence-electron chi connectivity index (χ2n) is 9.07. The van der Waals surface area contributed by atoms with Crippen molar-refractivity contribution in [1.29, 1.82) is 0 Å². The first-order valence-corrected chi connectivity index (χ1v) is 12.0. The highest BCUT2D eigenvalue weighted by Crippen LogP contribution is 2.29. The number of pyridine rings is 1. The van der Waals surface area contributed by atoms with Crippen LogP contribution < -0.4 is 15.6 Å². The SMILES string of the molecule is CCCC(c1nc2cc(-c3ccnc(OC)c3)ccc2c(=O)n1CC)N1C[C@@H](C)N[C@@H](C)C1. The molecule has 0 saturated carbocycles. The van der Waals surface area contributed by atoms with Gasteiger partial charge in [0, 0.05) is 44.0 Å². The lowest BCUT2D eigenvalue weighted by Gasteiger charge is -2.41. The third-order valence-corrected chi connectivity index (χ3v) is 6.47. The van der Waals surface area contributed by atoms with Crippen LogP contribution >= 0.6 is 0 Å². The Balaban J connectivity index is 1.84. The van der Waals surface area contributed by atoms with Crippen molar-refractivity contribution in [3.63, 3.8) is 0 Å². The van der Waals surface area contributed by atoms with Crippen LogP contribution in [0.5, 0.6) is 5.88 Å². The van der Waals surface area contributed by atoms with Gasteiger partial charge in [0.1, 0.15) is 5.82 Å². The van der Waals surface area contributed by atoms with Crippen molar-refractivity contribution >= 4 is 10.9 Å². The quantitative estimate of drug-likeness (QED) is 0.588. The first-order chi connectivity index (χ1) is 15.9. The van der Waals surface area contributed by atoms with E-state index in [4.69, 9.17) is 9.72 Å². The molecule has 0 aliphatic carbocycles. The van der Waals surface area contributed by atoms with Crippen LogP contribution in [0.15, 0.2) is 41.3 Å². The topological polar surface area (TPSA) is 72.3 Å². The Morgan fingerprint density at radius 1 is 1.12 bits per heavy atom. The number of fused-ring (bicyclic) bond motifs is 1. The molecule has 0 radical (unpaired) electrons. The molecule has 7 nitrogen and oxygen atoms in total. The van der Waals surface area contributed by atoms with E-state index in [1.165, 1.54) is 0 Å². The number of ether oxygens (including phenoxy) is 1. The van der Waals surface area contributed by atoms with Gasteiger partial charge in [-0.15, -0.1) is 0 Å². The zero-order chi connectivity index (χ0) is 23.5. The number of nitrogens with zero attached hydrogens (tertiary/aromatic N) is 4. The summed E-state index contributed by atoms with van der Waals surface area (Å²) in [6.07, 6.45) is 3.74. The van der Waals surface area contributed by atoms with Gasteiger partial charge in [-0.3, -0.25) is 14.3 Å². The molecular weight excluding hydrogens is 414 g/mol. The number of aromatic nitrogens is 3. The third-order valence-electron chi connectivity index (χ3n) is 6.47. The lowest BCUT2D eigenvalue weighted by atomic mass is 10.0. The van der Waals surface area contributed by atoms with E-state index in [9.17, 15) is 4.79 Å². The highest BCUT2D eigenvalue weighted by Gasteiger charge is 2.30. The minimum atomic E-state index is 0.0358. The van der Waals surface area contributed by atoms with Gasteiger partial charge in [-0.1, -0.05) is 19.4 Å². The van der Waals surface area contributed by atoms with Crippen molar-refractivity contribution < 1.29 is 4.74 Å². The molecule has 1 saturated heterocycles. The van der Waals surface area contributed by atoms with Crippen LogP contribution in [0.4, 0.5) is 0 Å². The fourth-order valence-electron chi connectivity index (χ4n) is 5.05. The predicted octanol–water partition coefficient (Wildman–Crippen LogP) is 4.01. The van der Waals surface area contributed by atoms with E-state index in [1.54, 1.807) is 13.3 Å².